The summed E-state index contributed by atoms with van der Waals surface area (Å²) in [6.07, 6.45) is 1.04. The largest absolute Gasteiger partial charge is 0.391 e. The predicted octanol–water partition coefficient (Wildman–Crippen LogP) is 2.16. The topological polar surface area (TPSA) is 45.6 Å². The van der Waals surface area contributed by atoms with Crippen molar-refractivity contribution in [3.05, 3.63) is 10.6 Å². The number of anilines is 1. The Morgan fingerprint density at radius 2 is 2.11 bits per heavy atom. The Morgan fingerprint density at radius 1 is 1.33 bits per heavy atom. The van der Waals surface area contributed by atoms with Crippen LogP contribution in [0.25, 0.3) is 0 Å². The zero-order valence-corrected chi connectivity index (χ0v) is 12.2. The van der Waals surface area contributed by atoms with E-state index in [0.717, 1.165) is 48.4 Å². The van der Waals surface area contributed by atoms with Crippen LogP contribution >= 0.6 is 11.3 Å². The number of hydrogen-bond donors (Lipinski definition) is 1. The van der Waals surface area contributed by atoms with E-state index in [1.54, 1.807) is 11.3 Å². The minimum atomic E-state index is -0.0187. The second-order valence-electron chi connectivity index (χ2n) is 5.63. The molecule has 0 atom stereocenters. The lowest BCUT2D eigenvalue weighted by Crippen LogP contribution is -2.26. The summed E-state index contributed by atoms with van der Waals surface area (Å²) in [5.41, 5.74) is 1.00. The van der Waals surface area contributed by atoms with Gasteiger partial charge in [-0.25, -0.2) is 4.98 Å². The van der Waals surface area contributed by atoms with Gasteiger partial charge in [-0.2, -0.15) is 0 Å². The van der Waals surface area contributed by atoms with Crippen LogP contribution in [0.2, 0.25) is 0 Å². The Bertz CT molecular complexity index is 390. The van der Waals surface area contributed by atoms with E-state index in [1.165, 1.54) is 0 Å². The lowest BCUT2D eigenvalue weighted by molar-refractivity contribution is 0.152. The molecule has 1 fully saturated rings. The van der Waals surface area contributed by atoms with Crippen molar-refractivity contribution < 1.29 is 9.84 Å². The first kappa shape index (κ1) is 13.8. The minimum Gasteiger partial charge on any atom is -0.391 e. The van der Waals surface area contributed by atoms with Crippen LogP contribution in [0.5, 0.6) is 0 Å². The van der Waals surface area contributed by atoms with Crippen LogP contribution in [0.15, 0.2) is 0 Å². The van der Waals surface area contributed by atoms with E-state index >= 15 is 0 Å². The zero-order valence-electron chi connectivity index (χ0n) is 11.4. The van der Waals surface area contributed by atoms with Gasteiger partial charge in [0.25, 0.3) is 0 Å². The van der Waals surface area contributed by atoms with Crippen molar-refractivity contribution in [3.8, 4) is 0 Å². The second-order valence-corrected chi connectivity index (χ2v) is 6.69. The molecule has 1 aromatic rings. The van der Waals surface area contributed by atoms with Gasteiger partial charge in [0.05, 0.1) is 23.8 Å². The highest BCUT2D eigenvalue weighted by Crippen LogP contribution is 2.34. The van der Waals surface area contributed by atoms with Crippen LogP contribution in [0.1, 0.15) is 37.8 Å². The first-order valence-corrected chi connectivity index (χ1v) is 7.28. The molecule has 1 N–H and O–H groups in total. The summed E-state index contributed by atoms with van der Waals surface area (Å²) >= 11 is 1.61. The number of hydrogen-bond acceptors (Lipinski definition) is 5. The monoisotopic (exact) mass is 270 g/mol. The van der Waals surface area contributed by atoms with Crippen molar-refractivity contribution in [1.82, 2.24) is 4.98 Å². The lowest BCUT2D eigenvalue weighted by Gasteiger charge is -2.19. The van der Waals surface area contributed by atoms with Crippen LogP contribution in [-0.2, 0) is 16.8 Å². The molecule has 0 spiro atoms. The summed E-state index contributed by atoms with van der Waals surface area (Å²) in [6, 6.07) is 0. The zero-order chi connectivity index (χ0) is 13.2. The van der Waals surface area contributed by atoms with Crippen LogP contribution in [-0.4, -0.2) is 36.4 Å². The fourth-order valence-corrected chi connectivity index (χ4v) is 3.29. The Labute approximate surface area is 113 Å². The van der Waals surface area contributed by atoms with E-state index in [-0.39, 0.29) is 12.0 Å². The first-order valence-electron chi connectivity index (χ1n) is 6.46. The number of rotatable bonds is 2. The predicted molar refractivity (Wildman–Crippen MR) is 74.4 cm³/mol. The first-order chi connectivity index (χ1) is 8.52. The SMILES string of the molecule is CC(C)(C)c1nc(N2CCCOCC2)sc1CO. The highest BCUT2D eigenvalue weighted by Gasteiger charge is 2.25. The van der Waals surface area contributed by atoms with E-state index in [4.69, 9.17) is 9.72 Å². The number of ether oxygens (including phenoxy) is 1. The summed E-state index contributed by atoms with van der Waals surface area (Å²) in [4.78, 5) is 8.01. The van der Waals surface area contributed by atoms with Gasteiger partial charge in [0.2, 0.25) is 0 Å². The third-order valence-electron chi connectivity index (χ3n) is 3.03. The lowest BCUT2D eigenvalue weighted by atomic mass is 9.91. The van der Waals surface area contributed by atoms with Gasteiger partial charge in [-0.1, -0.05) is 32.1 Å². The average molecular weight is 270 g/mol. The van der Waals surface area contributed by atoms with E-state index in [9.17, 15) is 5.11 Å². The maximum Gasteiger partial charge on any atom is 0.185 e. The van der Waals surface area contributed by atoms with Gasteiger partial charge in [-0.3, -0.25) is 0 Å². The maximum absolute atomic E-state index is 9.48. The number of aliphatic hydroxyl groups is 1. The molecular formula is C13H22N2O2S. The van der Waals surface area contributed by atoms with Gasteiger partial charge < -0.3 is 14.7 Å². The maximum atomic E-state index is 9.48. The molecule has 0 amide bonds. The molecule has 0 bridgehead atoms. The van der Waals surface area contributed by atoms with Gasteiger partial charge >= 0.3 is 0 Å². The number of aromatic nitrogens is 1. The molecule has 2 heterocycles. The molecule has 2 rings (SSSR count). The van der Waals surface area contributed by atoms with Crippen LogP contribution < -0.4 is 4.90 Å². The third-order valence-corrected chi connectivity index (χ3v) is 4.13. The molecule has 5 heteroatoms. The second kappa shape index (κ2) is 5.55. The minimum absolute atomic E-state index is 0.0187. The Balaban J connectivity index is 2.25. The molecule has 0 unspecified atom stereocenters. The molecule has 18 heavy (non-hydrogen) atoms. The van der Waals surface area contributed by atoms with Crippen molar-refractivity contribution in [3.63, 3.8) is 0 Å². The number of aliphatic hydroxyl groups excluding tert-OH is 1. The van der Waals surface area contributed by atoms with E-state index in [2.05, 4.69) is 25.7 Å². The highest BCUT2D eigenvalue weighted by atomic mass is 32.1. The molecule has 0 aliphatic carbocycles. The third kappa shape index (κ3) is 3.02. The van der Waals surface area contributed by atoms with Crippen molar-refractivity contribution in [2.24, 2.45) is 0 Å². The molecule has 1 saturated heterocycles. The van der Waals surface area contributed by atoms with Crippen LogP contribution in [0.4, 0.5) is 5.13 Å². The molecule has 0 saturated carbocycles. The fourth-order valence-electron chi connectivity index (χ4n) is 2.11. The summed E-state index contributed by atoms with van der Waals surface area (Å²) in [7, 11) is 0. The smallest absolute Gasteiger partial charge is 0.185 e. The summed E-state index contributed by atoms with van der Waals surface area (Å²) in [5.74, 6) is 0. The quantitative estimate of drug-likeness (QED) is 0.894. The molecule has 1 aliphatic heterocycles. The van der Waals surface area contributed by atoms with E-state index in [1.807, 2.05) is 0 Å². The van der Waals surface area contributed by atoms with Gasteiger partial charge in [0.1, 0.15) is 0 Å². The Kier molecular flexibility index (Phi) is 4.25. The summed E-state index contributed by atoms with van der Waals surface area (Å²) in [6.45, 7) is 9.96. The average Bonchev–Trinajstić information content (AvgIpc) is 2.57. The number of thiazole rings is 1. The number of nitrogens with zero attached hydrogens (tertiary/aromatic N) is 2. The van der Waals surface area contributed by atoms with Gasteiger partial charge in [0.15, 0.2) is 5.13 Å². The molecule has 1 aliphatic rings. The van der Waals surface area contributed by atoms with Crippen LogP contribution in [0.3, 0.4) is 0 Å². The molecule has 1 aromatic heterocycles. The van der Waals surface area contributed by atoms with Gasteiger partial charge in [0, 0.05) is 25.1 Å². The van der Waals surface area contributed by atoms with Crippen LogP contribution in [0, 0.1) is 0 Å². The van der Waals surface area contributed by atoms with E-state index in [0.29, 0.717) is 0 Å². The summed E-state index contributed by atoms with van der Waals surface area (Å²) in [5, 5.41) is 10.5. The molecule has 0 aromatic carbocycles. The Hall–Kier alpha value is -0.650. The normalized spacial score (nSPS) is 17.9. The Morgan fingerprint density at radius 3 is 2.72 bits per heavy atom. The standard InChI is InChI=1S/C13H22N2O2S/c1-13(2,3)11-10(9-16)18-12(14-11)15-5-4-7-17-8-6-15/h16H,4-9H2,1-3H3. The van der Waals surface area contributed by atoms with Crippen molar-refractivity contribution in [2.45, 2.75) is 39.2 Å². The van der Waals surface area contributed by atoms with Crippen molar-refractivity contribution >= 4 is 16.5 Å². The highest BCUT2D eigenvalue weighted by molar-refractivity contribution is 7.15. The van der Waals surface area contributed by atoms with E-state index < -0.39 is 0 Å². The molecule has 102 valence electrons. The van der Waals surface area contributed by atoms with Crippen molar-refractivity contribution in [1.29, 1.82) is 0 Å². The van der Waals surface area contributed by atoms with Gasteiger partial charge in [-0.15, -0.1) is 0 Å². The van der Waals surface area contributed by atoms with Gasteiger partial charge in [-0.05, 0) is 6.42 Å². The van der Waals surface area contributed by atoms with Crippen molar-refractivity contribution in [2.75, 3.05) is 31.2 Å². The molecule has 0 radical (unpaired) electrons. The fraction of sp³-hybridized carbons (Fsp3) is 0.769. The molecule has 4 nitrogen and oxygen atoms in total. The summed E-state index contributed by atoms with van der Waals surface area (Å²) < 4.78 is 5.46. The molecular weight excluding hydrogens is 248 g/mol.